The molecule has 3 rings (SSSR count). The average Bonchev–Trinajstić information content (AvgIpc) is 2.80. The van der Waals surface area contributed by atoms with Crippen LogP contribution in [0.3, 0.4) is 0 Å². The minimum Gasteiger partial charge on any atom is -0.480 e. The molecule has 21 heavy (non-hydrogen) atoms. The van der Waals surface area contributed by atoms with Crippen molar-refractivity contribution in [1.29, 1.82) is 0 Å². The maximum Gasteiger partial charge on any atom is 0.441 e. The Balaban J connectivity index is 1.81. The summed E-state index contributed by atoms with van der Waals surface area (Å²) in [4.78, 5) is 22.8. The monoisotopic (exact) mass is 295 g/mol. The lowest BCUT2D eigenvalue weighted by atomic mass is 9.69. The van der Waals surface area contributed by atoms with Crippen LogP contribution in [0.25, 0.3) is 0 Å². The molecule has 2 aliphatic rings. The third kappa shape index (κ3) is 2.50. The molecule has 0 aromatic carbocycles. The number of hydrogen-bond acceptors (Lipinski definition) is 5. The zero-order valence-corrected chi connectivity index (χ0v) is 12.1. The Hall–Kier alpha value is -1.63. The van der Waals surface area contributed by atoms with Crippen molar-refractivity contribution >= 4 is 5.97 Å². The summed E-state index contributed by atoms with van der Waals surface area (Å²) < 4.78 is 6.49. The van der Waals surface area contributed by atoms with Crippen molar-refractivity contribution in [1.82, 2.24) is 9.72 Å². The Morgan fingerprint density at radius 1 is 1.57 bits per heavy atom. The highest BCUT2D eigenvalue weighted by Crippen LogP contribution is 2.45. The van der Waals surface area contributed by atoms with E-state index < -0.39 is 17.8 Å². The van der Waals surface area contributed by atoms with E-state index in [4.69, 9.17) is 15.4 Å². The summed E-state index contributed by atoms with van der Waals surface area (Å²) in [6.45, 7) is 2.18. The maximum atomic E-state index is 11.9. The first kappa shape index (κ1) is 14.3. The van der Waals surface area contributed by atoms with Gasteiger partial charge in [-0.25, -0.2) is 4.79 Å². The van der Waals surface area contributed by atoms with Crippen molar-refractivity contribution in [2.45, 2.75) is 51.1 Å². The second-order valence-electron chi connectivity index (χ2n) is 6.51. The lowest BCUT2D eigenvalue weighted by Gasteiger charge is -2.42. The van der Waals surface area contributed by atoms with Gasteiger partial charge in [-0.1, -0.05) is 12.1 Å². The van der Waals surface area contributed by atoms with Crippen LogP contribution in [0.15, 0.2) is 9.32 Å². The van der Waals surface area contributed by atoms with Gasteiger partial charge in [0.05, 0.1) is 0 Å². The molecule has 1 saturated carbocycles. The number of rotatable bonds is 3. The van der Waals surface area contributed by atoms with Gasteiger partial charge in [0, 0.05) is 12.5 Å². The highest BCUT2D eigenvalue weighted by Gasteiger charge is 2.41. The summed E-state index contributed by atoms with van der Waals surface area (Å²) in [6.07, 6.45) is 3.99. The van der Waals surface area contributed by atoms with Gasteiger partial charge in [0.25, 0.3) is 0 Å². The molecule has 5 unspecified atom stereocenters. The van der Waals surface area contributed by atoms with Gasteiger partial charge in [-0.05, 0) is 43.4 Å². The summed E-state index contributed by atoms with van der Waals surface area (Å²) in [5, 5.41) is 12.8. The third-order valence-electron chi connectivity index (χ3n) is 5.15. The zero-order valence-electron chi connectivity index (χ0n) is 12.1. The highest BCUT2D eigenvalue weighted by atomic mass is 16.5. The van der Waals surface area contributed by atoms with Crippen LogP contribution < -0.4 is 11.5 Å². The molecular weight excluding hydrogens is 274 g/mol. The molecule has 0 spiro atoms. The van der Waals surface area contributed by atoms with Crippen molar-refractivity contribution < 1.29 is 14.4 Å². The first-order valence-corrected chi connectivity index (χ1v) is 7.52. The van der Waals surface area contributed by atoms with E-state index in [0.29, 0.717) is 18.3 Å². The molecule has 1 aromatic heterocycles. The predicted molar refractivity (Wildman–Crippen MR) is 73.7 cm³/mol. The average molecular weight is 295 g/mol. The smallest absolute Gasteiger partial charge is 0.441 e. The summed E-state index contributed by atoms with van der Waals surface area (Å²) in [5.41, 5.74) is 5.65. The van der Waals surface area contributed by atoms with Crippen molar-refractivity contribution in [2.24, 2.45) is 23.5 Å². The molecule has 7 nitrogen and oxygen atoms in total. The Morgan fingerprint density at radius 2 is 2.33 bits per heavy atom. The molecule has 5 atom stereocenters. The number of nitrogens with two attached hydrogens (primary N) is 1. The minimum atomic E-state index is -0.961. The minimum absolute atomic E-state index is 0.0715. The standard InChI is InChI=1S/C14H21N3O4/c1-7-4-12-16-21-14(20)17(12)11-6-8(2-3-9(7)11)5-10(15)13(18)19/h7-11H,2-6,15H2,1H3,(H,18,19). The van der Waals surface area contributed by atoms with Crippen LogP contribution in [0.4, 0.5) is 0 Å². The van der Waals surface area contributed by atoms with Crippen LogP contribution in [-0.2, 0) is 11.2 Å². The third-order valence-corrected chi connectivity index (χ3v) is 5.15. The number of carboxylic acids is 1. The Bertz CT molecular complexity index is 593. The predicted octanol–water partition coefficient (Wildman–Crippen LogP) is 0.788. The van der Waals surface area contributed by atoms with Crippen molar-refractivity contribution in [3.63, 3.8) is 0 Å². The fourth-order valence-electron chi connectivity index (χ4n) is 4.08. The zero-order chi connectivity index (χ0) is 15.1. The molecule has 0 bridgehead atoms. The largest absolute Gasteiger partial charge is 0.480 e. The van der Waals surface area contributed by atoms with Crippen LogP contribution in [-0.4, -0.2) is 26.8 Å². The normalized spacial score (nSPS) is 33.0. The lowest BCUT2D eigenvalue weighted by molar-refractivity contribution is -0.139. The summed E-state index contributed by atoms with van der Waals surface area (Å²) in [5.74, 6) is 0.502. The number of nitrogens with zero attached hydrogens (tertiary/aromatic N) is 2. The van der Waals surface area contributed by atoms with E-state index in [1.54, 1.807) is 4.57 Å². The quantitative estimate of drug-likeness (QED) is 0.852. The Kier molecular flexibility index (Phi) is 3.61. The molecule has 0 saturated heterocycles. The number of carboxylic acid groups (broad SMARTS) is 1. The molecule has 2 heterocycles. The topological polar surface area (TPSA) is 111 Å². The van der Waals surface area contributed by atoms with E-state index in [-0.39, 0.29) is 12.0 Å². The van der Waals surface area contributed by atoms with Crippen LogP contribution >= 0.6 is 0 Å². The lowest BCUT2D eigenvalue weighted by Crippen LogP contribution is -2.42. The maximum absolute atomic E-state index is 11.9. The van der Waals surface area contributed by atoms with E-state index in [0.717, 1.165) is 31.5 Å². The summed E-state index contributed by atoms with van der Waals surface area (Å²) in [7, 11) is 0. The van der Waals surface area contributed by atoms with Gasteiger partial charge in [0.15, 0.2) is 5.82 Å². The van der Waals surface area contributed by atoms with Gasteiger partial charge in [-0.3, -0.25) is 13.9 Å². The number of hydrogen-bond donors (Lipinski definition) is 2. The molecule has 0 radical (unpaired) electrons. The summed E-state index contributed by atoms with van der Waals surface area (Å²) >= 11 is 0. The molecule has 1 aliphatic carbocycles. The number of carbonyl (C=O) groups is 1. The number of aromatic nitrogens is 2. The van der Waals surface area contributed by atoms with Crippen molar-refractivity contribution in [2.75, 3.05) is 0 Å². The number of fused-ring (bicyclic) bond motifs is 3. The molecule has 0 amide bonds. The van der Waals surface area contributed by atoms with E-state index in [2.05, 4.69) is 12.1 Å². The Labute approximate surface area is 122 Å². The van der Waals surface area contributed by atoms with Crippen LogP contribution in [0.5, 0.6) is 0 Å². The van der Waals surface area contributed by atoms with E-state index >= 15 is 0 Å². The molecule has 7 heteroatoms. The van der Waals surface area contributed by atoms with Gasteiger partial charge in [0.1, 0.15) is 6.04 Å². The molecule has 1 aliphatic heterocycles. The molecule has 3 N–H and O–H groups in total. The van der Waals surface area contributed by atoms with Crippen molar-refractivity contribution in [3.8, 4) is 0 Å². The first-order chi connectivity index (χ1) is 9.97. The molecule has 1 fully saturated rings. The van der Waals surface area contributed by atoms with Gasteiger partial charge < -0.3 is 10.8 Å². The fraction of sp³-hybridized carbons (Fsp3) is 0.786. The second-order valence-corrected chi connectivity index (χ2v) is 6.51. The molecule has 1 aromatic rings. The Morgan fingerprint density at radius 3 is 3.05 bits per heavy atom. The van der Waals surface area contributed by atoms with Gasteiger partial charge >= 0.3 is 11.7 Å². The van der Waals surface area contributed by atoms with Gasteiger partial charge in [0.2, 0.25) is 0 Å². The van der Waals surface area contributed by atoms with Gasteiger partial charge in [-0.2, -0.15) is 0 Å². The highest BCUT2D eigenvalue weighted by molar-refractivity contribution is 5.73. The van der Waals surface area contributed by atoms with E-state index in [9.17, 15) is 9.59 Å². The van der Waals surface area contributed by atoms with E-state index in [1.807, 2.05) is 0 Å². The van der Waals surface area contributed by atoms with Crippen LogP contribution in [0, 0.1) is 17.8 Å². The first-order valence-electron chi connectivity index (χ1n) is 7.52. The summed E-state index contributed by atoms with van der Waals surface area (Å²) in [6, 6.07) is -0.756. The SMILES string of the molecule is CC1Cc2noc(=O)n2C2CC(CC(N)C(=O)O)CCC12. The van der Waals surface area contributed by atoms with Crippen LogP contribution in [0.1, 0.15) is 44.5 Å². The van der Waals surface area contributed by atoms with Gasteiger partial charge in [-0.15, -0.1) is 0 Å². The fourth-order valence-corrected chi connectivity index (χ4v) is 4.08. The van der Waals surface area contributed by atoms with E-state index in [1.165, 1.54) is 0 Å². The second kappa shape index (κ2) is 5.29. The van der Waals surface area contributed by atoms with Crippen LogP contribution in [0.2, 0.25) is 0 Å². The molecule has 116 valence electrons. The van der Waals surface area contributed by atoms with Crippen molar-refractivity contribution in [3.05, 3.63) is 16.4 Å². The number of aliphatic carboxylic acids is 1. The molecular formula is C14H21N3O4.